The highest BCUT2D eigenvalue weighted by molar-refractivity contribution is 6.30. The molecule has 0 amide bonds. The van der Waals surface area contributed by atoms with Crippen LogP contribution in [0.5, 0.6) is 0 Å². The second-order valence-electron chi connectivity index (χ2n) is 4.82. The summed E-state index contributed by atoms with van der Waals surface area (Å²) in [5.41, 5.74) is 2.39. The number of aryl methyl sites for hydroxylation is 1. The van der Waals surface area contributed by atoms with Crippen LogP contribution >= 0.6 is 11.6 Å². The van der Waals surface area contributed by atoms with Crippen molar-refractivity contribution in [3.05, 3.63) is 52.8 Å². The number of benzene rings is 2. The van der Waals surface area contributed by atoms with E-state index in [2.05, 4.69) is 15.3 Å². The number of hydrogen-bond acceptors (Lipinski definition) is 3. The Labute approximate surface area is 126 Å². The molecular weight excluding hydrogens is 289 g/mol. The molecule has 106 valence electrons. The van der Waals surface area contributed by atoms with Gasteiger partial charge in [0.15, 0.2) is 5.82 Å². The average Bonchev–Trinajstić information content (AvgIpc) is 2.44. The average molecular weight is 302 g/mol. The van der Waals surface area contributed by atoms with Crippen molar-refractivity contribution in [2.45, 2.75) is 6.92 Å². The quantitative estimate of drug-likeness (QED) is 0.760. The monoisotopic (exact) mass is 301 g/mol. The van der Waals surface area contributed by atoms with Crippen LogP contribution in [-0.4, -0.2) is 17.0 Å². The molecular formula is C16H13ClFN3. The largest absolute Gasteiger partial charge is 0.373 e. The Morgan fingerprint density at radius 3 is 2.62 bits per heavy atom. The van der Waals surface area contributed by atoms with Crippen LogP contribution in [0.25, 0.3) is 22.3 Å². The molecule has 21 heavy (non-hydrogen) atoms. The second-order valence-corrected chi connectivity index (χ2v) is 5.26. The van der Waals surface area contributed by atoms with Crippen LogP contribution in [0.2, 0.25) is 5.02 Å². The maximum Gasteiger partial charge on any atom is 0.162 e. The Bertz CT molecular complexity index is 813. The van der Waals surface area contributed by atoms with Gasteiger partial charge in [0.2, 0.25) is 0 Å². The molecule has 0 atom stereocenters. The summed E-state index contributed by atoms with van der Waals surface area (Å²) in [6.07, 6.45) is 0. The van der Waals surface area contributed by atoms with Crippen LogP contribution in [0, 0.1) is 12.7 Å². The zero-order valence-corrected chi connectivity index (χ0v) is 12.4. The van der Waals surface area contributed by atoms with Gasteiger partial charge >= 0.3 is 0 Å². The molecule has 0 bridgehead atoms. The van der Waals surface area contributed by atoms with E-state index in [1.807, 2.05) is 19.1 Å². The van der Waals surface area contributed by atoms with Crippen LogP contribution in [0.15, 0.2) is 36.4 Å². The summed E-state index contributed by atoms with van der Waals surface area (Å²) in [6, 6.07) is 10.1. The number of hydrogen-bond donors (Lipinski definition) is 1. The van der Waals surface area contributed by atoms with Gasteiger partial charge in [-0.05, 0) is 42.8 Å². The van der Waals surface area contributed by atoms with E-state index in [9.17, 15) is 4.39 Å². The van der Waals surface area contributed by atoms with Gasteiger partial charge in [0.1, 0.15) is 11.6 Å². The van der Waals surface area contributed by atoms with E-state index >= 15 is 0 Å². The highest BCUT2D eigenvalue weighted by Gasteiger charge is 2.10. The van der Waals surface area contributed by atoms with Crippen LogP contribution < -0.4 is 5.32 Å². The van der Waals surface area contributed by atoms with E-state index in [0.717, 1.165) is 16.5 Å². The lowest BCUT2D eigenvalue weighted by Crippen LogP contribution is -1.99. The summed E-state index contributed by atoms with van der Waals surface area (Å²) in [5.74, 6) is 0.854. The molecule has 3 aromatic rings. The third-order valence-corrected chi connectivity index (χ3v) is 3.41. The maximum absolute atomic E-state index is 13.4. The lowest BCUT2D eigenvalue weighted by molar-refractivity contribution is 0.629. The van der Waals surface area contributed by atoms with E-state index in [4.69, 9.17) is 11.6 Å². The first-order valence-corrected chi connectivity index (χ1v) is 6.87. The molecule has 0 saturated carbocycles. The maximum atomic E-state index is 13.4. The van der Waals surface area contributed by atoms with Crippen molar-refractivity contribution >= 4 is 28.3 Å². The van der Waals surface area contributed by atoms with Crippen molar-refractivity contribution in [2.75, 3.05) is 12.4 Å². The van der Waals surface area contributed by atoms with Gasteiger partial charge in [-0.3, -0.25) is 0 Å². The predicted molar refractivity (Wildman–Crippen MR) is 84.2 cm³/mol. The smallest absolute Gasteiger partial charge is 0.162 e. The molecule has 1 N–H and O–H groups in total. The molecule has 0 aliphatic carbocycles. The van der Waals surface area contributed by atoms with Crippen LogP contribution in [0.3, 0.4) is 0 Å². The van der Waals surface area contributed by atoms with Crippen LogP contribution in [0.1, 0.15) is 5.56 Å². The van der Waals surface area contributed by atoms with Crippen molar-refractivity contribution in [3.63, 3.8) is 0 Å². The number of anilines is 1. The summed E-state index contributed by atoms with van der Waals surface area (Å²) >= 11 is 6.09. The number of rotatable bonds is 2. The van der Waals surface area contributed by atoms with Crippen molar-refractivity contribution < 1.29 is 4.39 Å². The van der Waals surface area contributed by atoms with Gasteiger partial charge in [-0.1, -0.05) is 11.6 Å². The van der Waals surface area contributed by atoms with E-state index < -0.39 is 0 Å². The van der Waals surface area contributed by atoms with Gasteiger partial charge in [-0.2, -0.15) is 0 Å². The summed E-state index contributed by atoms with van der Waals surface area (Å²) < 4.78 is 13.4. The second kappa shape index (κ2) is 5.30. The van der Waals surface area contributed by atoms with E-state index in [1.165, 1.54) is 12.1 Å². The third-order valence-electron chi connectivity index (χ3n) is 3.20. The van der Waals surface area contributed by atoms with Crippen molar-refractivity contribution in [1.29, 1.82) is 0 Å². The van der Waals surface area contributed by atoms with Gasteiger partial charge in [-0.15, -0.1) is 0 Å². The minimum absolute atomic E-state index is 0.323. The molecule has 2 aromatic carbocycles. The van der Waals surface area contributed by atoms with Crippen LogP contribution in [0.4, 0.5) is 10.2 Å². The molecule has 3 rings (SSSR count). The van der Waals surface area contributed by atoms with E-state index in [-0.39, 0.29) is 5.82 Å². The fourth-order valence-corrected chi connectivity index (χ4v) is 2.58. The minimum Gasteiger partial charge on any atom is -0.373 e. The zero-order valence-electron chi connectivity index (χ0n) is 11.6. The molecule has 0 aliphatic heterocycles. The number of aromatic nitrogens is 2. The van der Waals surface area contributed by atoms with Crippen molar-refractivity contribution in [2.24, 2.45) is 0 Å². The van der Waals surface area contributed by atoms with Gasteiger partial charge in [-0.25, -0.2) is 14.4 Å². The lowest BCUT2D eigenvalue weighted by atomic mass is 10.1. The zero-order chi connectivity index (χ0) is 15.0. The Morgan fingerprint density at radius 2 is 1.90 bits per heavy atom. The predicted octanol–water partition coefficient (Wildman–Crippen LogP) is 4.44. The van der Waals surface area contributed by atoms with Gasteiger partial charge in [0, 0.05) is 29.1 Å². The molecule has 0 fully saturated rings. The molecule has 0 radical (unpaired) electrons. The van der Waals surface area contributed by atoms with Gasteiger partial charge in [0.25, 0.3) is 0 Å². The first-order valence-electron chi connectivity index (χ1n) is 6.49. The molecule has 5 heteroatoms. The Balaban J connectivity index is 2.27. The van der Waals surface area contributed by atoms with E-state index in [0.29, 0.717) is 22.2 Å². The van der Waals surface area contributed by atoms with Gasteiger partial charge in [0.05, 0.1) is 5.52 Å². The summed E-state index contributed by atoms with van der Waals surface area (Å²) in [5, 5.41) is 4.43. The van der Waals surface area contributed by atoms with Crippen molar-refractivity contribution in [1.82, 2.24) is 9.97 Å². The summed E-state index contributed by atoms with van der Waals surface area (Å²) in [6.45, 7) is 1.95. The van der Waals surface area contributed by atoms with Crippen LogP contribution in [-0.2, 0) is 0 Å². The summed E-state index contributed by atoms with van der Waals surface area (Å²) in [4.78, 5) is 8.95. The van der Waals surface area contributed by atoms with E-state index in [1.54, 1.807) is 19.2 Å². The van der Waals surface area contributed by atoms with Crippen molar-refractivity contribution in [3.8, 4) is 11.4 Å². The SMILES string of the molecule is CNc1nc(-c2cc(C)cc(Cl)c2)nc2cc(F)ccc12. The topological polar surface area (TPSA) is 37.8 Å². The fourth-order valence-electron chi connectivity index (χ4n) is 2.29. The molecule has 1 heterocycles. The minimum atomic E-state index is -0.323. The summed E-state index contributed by atoms with van der Waals surface area (Å²) in [7, 11) is 1.78. The first kappa shape index (κ1) is 13.8. The molecule has 1 aromatic heterocycles. The highest BCUT2D eigenvalue weighted by Crippen LogP contribution is 2.27. The normalized spacial score (nSPS) is 10.9. The highest BCUT2D eigenvalue weighted by atomic mass is 35.5. The fraction of sp³-hybridized carbons (Fsp3) is 0.125. The number of fused-ring (bicyclic) bond motifs is 1. The molecule has 0 saturated heterocycles. The lowest BCUT2D eigenvalue weighted by Gasteiger charge is -2.09. The number of halogens is 2. The third kappa shape index (κ3) is 2.67. The molecule has 0 unspecified atom stereocenters. The standard InChI is InChI=1S/C16H13ClFN3/c1-9-5-10(7-11(17)6-9)15-20-14-8-12(18)3-4-13(14)16(19-2)21-15/h3-8H,1-2H3,(H,19,20,21). The number of nitrogens with one attached hydrogen (secondary N) is 1. The Hall–Kier alpha value is -2.20. The first-order chi connectivity index (χ1) is 10.1. The molecule has 0 spiro atoms. The molecule has 3 nitrogen and oxygen atoms in total. The van der Waals surface area contributed by atoms with Gasteiger partial charge < -0.3 is 5.32 Å². The Morgan fingerprint density at radius 1 is 1.10 bits per heavy atom. The number of nitrogens with zero attached hydrogens (tertiary/aromatic N) is 2. The Kier molecular flexibility index (Phi) is 3.47. The molecule has 0 aliphatic rings.